The standard InChI is InChI=1S/C11H18O3/c1-3-5-9-7-10(14-11(9)12)8-13-6-4-2/h3,9-10H,1,4-8H2,2H3. The number of rotatable bonds is 6. The molecule has 0 spiro atoms. The normalized spacial score (nSPS) is 26.2. The molecule has 2 atom stereocenters. The minimum Gasteiger partial charge on any atom is -0.460 e. The number of cyclic esters (lactones) is 1. The van der Waals surface area contributed by atoms with Crippen molar-refractivity contribution < 1.29 is 14.3 Å². The molecule has 0 bridgehead atoms. The predicted molar refractivity (Wildman–Crippen MR) is 53.9 cm³/mol. The first-order valence-electron chi connectivity index (χ1n) is 5.17. The Morgan fingerprint density at radius 3 is 3.14 bits per heavy atom. The summed E-state index contributed by atoms with van der Waals surface area (Å²) in [6.07, 6.45) is 4.20. The molecule has 0 N–H and O–H groups in total. The van der Waals surface area contributed by atoms with E-state index in [1.807, 2.05) is 0 Å². The molecule has 1 aliphatic heterocycles. The van der Waals surface area contributed by atoms with Gasteiger partial charge in [0.05, 0.1) is 12.5 Å². The molecule has 3 heteroatoms. The molecular formula is C11H18O3. The summed E-state index contributed by atoms with van der Waals surface area (Å²) in [7, 11) is 0. The smallest absolute Gasteiger partial charge is 0.309 e. The molecule has 14 heavy (non-hydrogen) atoms. The van der Waals surface area contributed by atoms with E-state index >= 15 is 0 Å². The highest BCUT2D eigenvalue weighted by Crippen LogP contribution is 2.24. The Kier molecular flexibility index (Phi) is 4.66. The summed E-state index contributed by atoms with van der Waals surface area (Å²) in [6, 6.07) is 0. The summed E-state index contributed by atoms with van der Waals surface area (Å²) in [5.41, 5.74) is 0. The lowest BCUT2D eigenvalue weighted by molar-refractivity contribution is -0.146. The SMILES string of the molecule is C=CCC1CC(COCCC)OC1=O. The molecule has 2 unspecified atom stereocenters. The van der Waals surface area contributed by atoms with E-state index in [2.05, 4.69) is 13.5 Å². The van der Waals surface area contributed by atoms with Crippen molar-refractivity contribution in [2.45, 2.75) is 32.3 Å². The fourth-order valence-electron chi connectivity index (χ4n) is 1.58. The summed E-state index contributed by atoms with van der Waals surface area (Å²) >= 11 is 0. The molecular weight excluding hydrogens is 180 g/mol. The van der Waals surface area contributed by atoms with Crippen molar-refractivity contribution in [2.24, 2.45) is 5.92 Å². The van der Waals surface area contributed by atoms with E-state index in [0.717, 1.165) is 19.4 Å². The number of esters is 1. The lowest BCUT2D eigenvalue weighted by Crippen LogP contribution is -2.15. The Labute approximate surface area is 85.1 Å². The first kappa shape index (κ1) is 11.2. The number of carbonyl (C=O) groups is 1. The van der Waals surface area contributed by atoms with Gasteiger partial charge in [0.15, 0.2) is 0 Å². The van der Waals surface area contributed by atoms with Crippen molar-refractivity contribution in [3.63, 3.8) is 0 Å². The molecule has 0 aromatic rings. The molecule has 1 saturated heterocycles. The van der Waals surface area contributed by atoms with Crippen LogP contribution in [0, 0.1) is 5.92 Å². The zero-order chi connectivity index (χ0) is 10.4. The summed E-state index contributed by atoms with van der Waals surface area (Å²) < 4.78 is 10.5. The van der Waals surface area contributed by atoms with Crippen LogP contribution in [0.25, 0.3) is 0 Å². The molecule has 1 aliphatic rings. The first-order valence-corrected chi connectivity index (χ1v) is 5.17. The van der Waals surface area contributed by atoms with E-state index in [4.69, 9.17) is 9.47 Å². The third-order valence-corrected chi connectivity index (χ3v) is 2.27. The number of allylic oxidation sites excluding steroid dienone is 1. The first-order chi connectivity index (χ1) is 6.77. The average molecular weight is 198 g/mol. The maximum absolute atomic E-state index is 11.3. The third kappa shape index (κ3) is 3.14. The van der Waals surface area contributed by atoms with Crippen LogP contribution >= 0.6 is 0 Å². The Balaban J connectivity index is 2.24. The van der Waals surface area contributed by atoms with Crippen LogP contribution in [0.2, 0.25) is 0 Å². The third-order valence-electron chi connectivity index (χ3n) is 2.27. The number of hydrogen-bond donors (Lipinski definition) is 0. The van der Waals surface area contributed by atoms with Crippen LogP contribution in [0.15, 0.2) is 12.7 Å². The second-order valence-corrected chi connectivity index (χ2v) is 3.59. The summed E-state index contributed by atoms with van der Waals surface area (Å²) in [4.78, 5) is 11.3. The highest BCUT2D eigenvalue weighted by atomic mass is 16.6. The molecule has 80 valence electrons. The Morgan fingerprint density at radius 1 is 1.71 bits per heavy atom. The van der Waals surface area contributed by atoms with Gasteiger partial charge in [0, 0.05) is 13.0 Å². The fourth-order valence-corrected chi connectivity index (χ4v) is 1.58. The molecule has 1 fully saturated rings. The Morgan fingerprint density at radius 2 is 2.50 bits per heavy atom. The molecule has 1 heterocycles. The maximum Gasteiger partial charge on any atom is 0.309 e. The van der Waals surface area contributed by atoms with Gasteiger partial charge >= 0.3 is 5.97 Å². The molecule has 0 amide bonds. The van der Waals surface area contributed by atoms with E-state index in [1.54, 1.807) is 6.08 Å². The average Bonchev–Trinajstić information content (AvgIpc) is 2.49. The molecule has 0 aromatic heterocycles. The van der Waals surface area contributed by atoms with Crippen molar-refractivity contribution >= 4 is 5.97 Å². The van der Waals surface area contributed by atoms with E-state index in [0.29, 0.717) is 13.0 Å². The Hall–Kier alpha value is -0.830. The monoisotopic (exact) mass is 198 g/mol. The fraction of sp³-hybridized carbons (Fsp3) is 0.727. The van der Waals surface area contributed by atoms with Gasteiger partial charge in [-0.05, 0) is 12.8 Å². The molecule has 0 saturated carbocycles. The van der Waals surface area contributed by atoms with E-state index in [1.165, 1.54) is 0 Å². The molecule has 3 nitrogen and oxygen atoms in total. The molecule has 0 aromatic carbocycles. The zero-order valence-corrected chi connectivity index (χ0v) is 8.70. The van der Waals surface area contributed by atoms with Crippen LogP contribution in [0.5, 0.6) is 0 Å². The maximum atomic E-state index is 11.3. The van der Waals surface area contributed by atoms with Crippen molar-refractivity contribution in [2.75, 3.05) is 13.2 Å². The number of ether oxygens (including phenoxy) is 2. The van der Waals surface area contributed by atoms with Crippen molar-refractivity contribution in [1.29, 1.82) is 0 Å². The molecule has 1 rings (SSSR count). The number of carbonyl (C=O) groups excluding carboxylic acids is 1. The van der Waals surface area contributed by atoms with Crippen LogP contribution in [0.4, 0.5) is 0 Å². The van der Waals surface area contributed by atoms with E-state index < -0.39 is 0 Å². The lowest BCUT2D eigenvalue weighted by Gasteiger charge is -2.08. The van der Waals surface area contributed by atoms with Crippen LogP contribution in [-0.4, -0.2) is 25.3 Å². The summed E-state index contributed by atoms with van der Waals surface area (Å²) in [5.74, 6) is -0.0993. The molecule has 0 aliphatic carbocycles. The van der Waals surface area contributed by atoms with Gasteiger partial charge in [-0.25, -0.2) is 0 Å². The highest BCUT2D eigenvalue weighted by molar-refractivity contribution is 5.74. The zero-order valence-electron chi connectivity index (χ0n) is 8.70. The van der Waals surface area contributed by atoms with Crippen LogP contribution in [-0.2, 0) is 14.3 Å². The van der Waals surface area contributed by atoms with Gasteiger partial charge in [0.1, 0.15) is 6.10 Å². The Bertz CT molecular complexity index is 201. The van der Waals surface area contributed by atoms with Crippen LogP contribution < -0.4 is 0 Å². The van der Waals surface area contributed by atoms with Gasteiger partial charge in [0.2, 0.25) is 0 Å². The van der Waals surface area contributed by atoms with E-state index in [-0.39, 0.29) is 18.0 Å². The quantitative estimate of drug-likeness (QED) is 0.371. The van der Waals surface area contributed by atoms with Gasteiger partial charge < -0.3 is 9.47 Å². The van der Waals surface area contributed by atoms with Crippen LogP contribution in [0.3, 0.4) is 0 Å². The van der Waals surface area contributed by atoms with Gasteiger partial charge in [0.25, 0.3) is 0 Å². The van der Waals surface area contributed by atoms with Gasteiger partial charge in [-0.2, -0.15) is 0 Å². The lowest BCUT2D eigenvalue weighted by atomic mass is 10.0. The number of hydrogen-bond acceptors (Lipinski definition) is 3. The van der Waals surface area contributed by atoms with Gasteiger partial charge in [-0.1, -0.05) is 13.0 Å². The minimum absolute atomic E-state index is 0.00252. The van der Waals surface area contributed by atoms with E-state index in [9.17, 15) is 4.79 Å². The minimum atomic E-state index is -0.102. The van der Waals surface area contributed by atoms with Crippen molar-refractivity contribution in [1.82, 2.24) is 0 Å². The van der Waals surface area contributed by atoms with Gasteiger partial charge in [-0.3, -0.25) is 4.79 Å². The van der Waals surface area contributed by atoms with Crippen molar-refractivity contribution in [3.8, 4) is 0 Å². The molecule has 0 radical (unpaired) electrons. The largest absolute Gasteiger partial charge is 0.460 e. The predicted octanol–water partition coefficient (Wildman–Crippen LogP) is 1.92. The second-order valence-electron chi connectivity index (χ2n) is 3.59. The highest BCUT2D eigenvalue weighted by Gasteiger charge is 2.33. The van der Waals surface area contributed by atoms with Crippen molar-refractivity contribution in [3.05, 3.63) is 12.7 Å². The topological polar surface area (TPSA) is 35.5 Å². The second kappa shape index (κ2) is 5.81. The van der Waals surface area contributed by atoms with Crippen LogP contribution in [0.1, 0.15) is 26.2 Å². The van der Waals surface area contributed by atoms with Gasteiger partial charge in [-0.15, -0.1) is 6.58 Å². The summed E-state index contributed by atoms with van der Waals surface area (Å²) in [6.45, 7) is 6.95. The summed E-state index contributed by atoms with van der Waals surface area (Å²) in [5, 5.41) is 0.